The number of benzene rings is 1. The molecule has 0 spiro atoms. The Bertz CT molecular complexity index is 577. The topological polar surface area (TPSA) is 24.9 Å². The van der Waals surface area contributed by atoms with Crippen molar-refractivity contribution >= 4 is 34.5 Å². The lowest BCUT2D eigenvalue weighted by atomic mass is 10.1. The predicted molar refractivity (Wildman–Crippen MR) is 82.2 cm³/mol. The van der Waals surface area contributed by atoms with E-state index in [9.17, 15) is 0 Å². The summed E-state index contributed by atoms with van der Waals surface area (Å²) in [6.07, 6.45) is 3.70. The maximum Gasteiger partial charge on any atom is 0.110 e. The van der Waals surface area contributed by atoms with Crippen LogP contribution in [0.3, 0.4) is 0 Å². The van der Waals surface area contributed by atoms with Crippen molar-refractivity contribution in [1.29, 1.82) is 0 Å². The molecule has 0 saturated carbocycles. The van der Waals surface area contributed by atoms with Gasteiger partial charge in [-0.3, -0.25) is 0 Å². The first-order chi connectivity index (χ1) is 9.24. The molecule has 19 heavy (non-hydrogen) atoms. The SMILES string of the molecule is Clc1ccc(-c2csc(C3CCCCN3)n2)c(Cl)c1. The Morgan fingerprint density at radius 2 is 2.16 bits per heavy atom. The minimum atomic E-state index is 0.401. The average molecular weight is 313 g/mol. The van der Waals surface area contributed by atoms with E-state index in [2.05, 4.69) is 10.7 Å². The van der Waals surface area contributed by atoms with Gasteiger partial charge in [-0.1, -0.05) is 29.6 Å². The Morgan fingerprint density at radius 3 is 2.89 bits per heavy atom. The van der Waals surface area contributed by atoms with E-state index in [4.69, 9.17) is 28.2 Å². The molecule has 1 N–H and O–H groups in total. The lowest BCUT2D eigenvalue weighted by molar-refractivity contribution is 0.411. The average Bonchev–Trinajstić information content (AvgIpc) is 2.89. The molecule has 3 rings (SSSR count). The quantitative estimate of drug-likeness (QED) is 0.850. The molecule has 2 nitrogen and oxygen atoms in total. The van der Waals surface area contributed by atoms with Crippen molar-refractivity contribution in [2.24, 2.45) is 0 Å². The van der Waals surface area contributed by atoms with Gasteiger partial charge in [0.2, 0.25) is 0 Å². The third kappa shape index (κ3) is 2.95. The van der Waals surface area contributed by atoms with Gasteiger partial charge in [0.25, 0.3) is 0 Å². The second-order valence-electron chi connectivity index (χ2n) is 4.70. The van der Waals surface area contributed by atoms with Crippen molar-refractivity contribution in [3.05, 3.63) is 38.6 Å². The summed E-state index contributed by atoms with van der Waals surface area (Å²) in [7, 11) is 0. The van der Waals surface area contributed by atoms with Crippen LogP contribution < -0.4 is 5.32 Å². The highest BCUT2D eigenvalue weighted by Crippen LogP contribution is 2.33. The van der Waals surface area contributed by atoms with Gasteiger partial charge < -0.3 is 5.32 Å². The molecule has 0 amide bonds. The van der Waals surface area contributed by atoms with Gasteiger partial charge >= 0.3 is 0 Å². The number of thiazole rings is 1. The van der Waals surface area contributed by atoms with Crippen LogP contribution >= 0.6 is 34.5 Å². The highest BCUT2D eigenvalue weighted by Gasteiger charge is 2.18. The van der Waals surface area contributed by atoms with Crippen molar-refractivity contribution in [2.45, 2.75) is 25.3 Å². The van der Waals surface area contributed by atoms with Gasteiger partial charge in [0, 0.05) is 16.0 Å². The minimum Gasteiger partial charge on any atom is -0.308 e. The fourth-order valence-corrected chi connectivity index (χ4v) is 3.77. The maximum atomic E-state index is 6.22. The van der Waals surface area contributed by atoms with E-state index < -0.39 is 0 Å². The van der Waals surface area contributed by atoms with Crippen LogP contribution in [0.5, 0.6) is 0 Å². The van der Waals surface area contributed by atoms with Gasteiger partial charge in [-0.2, -0.15) is 0 Å². The molecule has 1 fully saturated rings. The first-order valence-electron chi connectivity index (χ1n) is 6.38. The third-order valence-corrected chi connectivity index (χ3v) is 4.84. The van der Waals surface area contributed by atoms with Crippen LogP contribution in [0, 0.1) is 0 Å². The summed E-state index contributed by atoms with van der Waals surface area (Å²) in [4.78, 5) is 4.72. The van der Waals surface area contributed by atoms with E-state index in [1.54, 1.807) is 17.4 Å². The summed E-state index contributed by atoms with van der Waals surface area (Å²) in [5.41, 5.74) is 1.89. The van der Waals surface area contributed by atoms with Gasteiger partial charge in [0.05, 0.1) is 16.8 Å². The van der Waals surface area contributed by atoms with Crippen LogP contribution in [-0.4, -0.2) is 11.5 Å². The fraction of sp³-hybridized carbons (Fsp3) is 0.357. The molecule has 100 valence electrons. The summed E-state index contributed by atoms with van der Waals surface area (Å²) in [6.45, 7) is 1.08. The molecule has 1 unspecified atom stereocenters. The Hall–Kier alpha value is -0.610. The summed E-state index contributed by atoms with van der Waals surface area (Å²) in [6, 6.07) is 5.94. The second-order valence-corrected chi connectivity index (χ2v) is 6.43. The van der Waals surface area contributed by atoms with E-state index in [0.717, 1.165) is 22.8 Å². The minimum absolute atomic E-state index is 0.401. The van der Waals surface area contributed by atoms with Crippen LogP contribution in [-0.2, 0) is 0 Å². The Morgan fingerprint density at radius 1 is 1.26 bits per heavy atom. The van der Waals surface area contributed by atoms with Crippen LogP contribution in [0.4, 0.5) is 0 Å². The van der Waals surface area contributed by atoms with Crippen LogP contribution in [0.1, 0.15) is 30.3 Å². The Labute approximate surface area is 126 Å². The molecule has 1 atom stereocenters. The van der Waals surface area contributed by atoms with Gasteiger partial charge in [-0.05, 0) is 37.6 Å². The van der Waals surface area contributed by atoms with E-state index >= 15 is 0 Å². The number of halogens is 2. The molecule has 0 aliphatic carbocycles. The predicted octanol–water partition coefficient (Wildman–Crippen LogP) is 4.93. The molecular formula is C14H14Cl2N2S. The molecule has 1 aromatic carbocycles. The largest absolute Gasteiger partial charge is 0.308 e. The number of nitrogens with zero attached hydrogens (tertiary/aromatic N) is 1. The lowest BCUT2D eigenvalue weighted by Crippen LogP contribution is -2.26. The molecule has 5 heteroatoms. The van der Waals surface area contributed by atoms with Gasteiger partial charge in [0.15, 0.2) is 0 Å². The van der Waals surface area contributed by atoms with Crippen molar-refractivity contribution in [2.75, 3.05) is 6.54 Å². The molecule has 2 heterocycles. The summed E-state index contributed by atoms with van der Waals surface area (Å²) < 4.78 is 0. The van der Waals surface area contributed by atoms with E-state index in [-0.39, 0.29) is 0 Å². The standard InChI is InChI=1S/C14H14Cl2N2S/c15-9-4-5-10(11(16)7-9)13-8-19-14(18-13)12-3-1-2-6-17-12/h4-5,7-8,12,17H,1-3,6H2. The smallest absolute Gasteiger partial charge is 0.110 e. The van der Waals surface area contributed by atoms with Crippen molar-refractivity contribution < 1.29 is 0 Å². The number of aromatic nitrogens is 1. The zero-order valence-corrected chi connectivity index (χ0v) is 12.7. The van der Waals surface area contributed by atoms with E-state index in [0.29, 0.717) is 16.1 Å². The van der Waals surface area contributed by atoms with Gasteiger partial charge in [0.1, 0.15) is 5.01 Å². The molecule has 1 saturated heterocycles. The summed E-state index contributed by atoms with van der Waals surface area (Å²) in [5, 5.41) is 8.05. The summed E-state index contributed by atoms with van der Waals surface area (Å²) >= 11 is 13.8. The number of hydrogen-bond acceptors (Lipinski definition) is 3. The van der Waals surface area contributed by atoms with Gasteiger partial charge in [-0.15, -0.1) is 11.3 Å². The Balaban J connectivity index is 1.87. The Kier molecular flexibility index (Phi) is 4.08. The lowest BCUT2D eigenvalue weighted by Gasteiger charge is -2.21. The first-order valence-corrected chi connectivity index (χ1v) is 8.02. The molecule has 2 aromatic rings. The molecule has 1 aliphatic rings. The number of nitrogens with one attached hydrogen (secondary N) is 1. The van der Waals surface area contributed by atoms with Gasteiger partial charge in [-0.25, -0.2) is 4.98 Å². The normalized spacial score (nSPS) is 19.6. The zero-order chi connectivity index (χ0) is 13.2. The van der Waals surface area contributed by atoms with Crippen molar-refractivity contribution in [1.82, 2.24) is 10.3 Å². The van der Waals surface area contributed by atoms with Crippen LogP contribution in [0.25, 0.3) is 11.3 Å². The third-order valence-electron chi connectivity index (χ3n) is 3.34. The highest BCUT2D eigenvalue weighted by atomic mass is 35.5. The molecular weight excluding hydrogens is 299 g/mol. The van der Waals surface area contributed by atoms with Crippen LogP contribution in [0.15, 0.2) is 23.6 Å². The number of piperidine rings is 1. The van der Waals surface area contributed by atoms with E-state index in [1.807, 2.05) is 12.1 Å². The molecule has 0 bridgehead atoms. The zero-order valence-electron chi connectivity index (χ0n) is 10.3. The highest BCUT2D eigenvalue weighted by molar-refractivity contribution is 7.10. The monoisotopic (exact) mass is 312 g/mol. The molecule has 1 aromatic heterocycles. The second kappa shape index (κ2) is 5.80. The summed E-state index contributed by atoms with van der Waals surface area (Å²) in [5.74, 6) is 0. The number of hydrogen-bond donors (Lipinski definition) is 1. The number of rotatable bonds is 2. The maximum absolute atomic E-state index is 6.22. The van der Waals surface area contributed by atoms with E-state index in [1.165, 1.54) is 19.3 Å². The first kappa shape index (κ1) is 13.4. The van der Waals surface area contributed by atoms with Crippen molar-refractivity contribution in [3.63, 3.8) is 0 Å². The molecule has 0 radical (unpaired) electrons. The molecule has 1 aliphatic heterocycles. The fourth-order valence-electron chi connectivity index (χ4n) is 2.33. The van der Waals surface area contributed by atoms with Crippen molar-refractivity contribution in [3.8, 4) is 11.3 Å². The van der Waals surface area contributed by atoms with Crippen LogP contribution in [0.2, 0.25) is 10.0 Å².